The number of nitrogens with one attached hydrogen (secondary N) is 1. The van der Waals surface area contributed by atoms with Crippen LogP contribution in [-0.4, -0.2) is 17.5 Å². The molecule has 144 valence electrons. The third-order valence-corrected chi connectivity index (χ3v) is 7.68. The van der Waals surface area contributed by atoms with Gasteiger partial charge in [0.05, 0.1) is 11.1 Å². The summed E-state index contributed by atoms with van der Waals surface area (Å²) in [6, 6.07) is 4.08. The molecular weight excluding hydrogens is 368 g/mol. The number of nitrogens with zero attached hydrogens (tertiary/aromatic N) is 1. The molecule has 1 unspecified atom stereocenters. The van der Waals surface area contributed by atoms with E-state index in [1.54, 1.807) is 11.3 Å². The predicted octanol–water partition coefficient (Wildman–Crippen LogP) is 4.60. The van der Waals surface area contributed by atoms with Gasteiger partial charge in [0.15, 0.2) is 0 Å². The van der Waals surface area contributed by atoms with Gasteiger partial charge in [0.2, 0.25) is 0 Å². The number of carbonyl (C=O) groups excluding carboxylic acids is 2. The molecule has 2 amide bonds. The first-order valence-corrected chi connectivity index (χ1v) is 11.2. The Hall–Kier alpha value is -2.27. The Balaban J connectivity index is 1.46. The molecule has 0 bridgehead atoms. The maximum absolute atomic E-state index is 13.2. The Morgan fingerprint density at radius 2 is 2.00 bits per heavy atom. The second kappa shape index (κ2) is 6.96. The minimum atomic E-state index is -0.459. The Morgan fingerprint density at radius 3 is 2.79 bits per heavy atom. The van der Waals surface area contributed by atoms with Crippen molar-refractivity contribution in [3.05, 3.63) is 57.5 Å². The normalized spacial score (nSPS) is 27.3. The second-order valence-electron chi connectivity index (χ2n) is 8.21. The molecule has 1 aromatic heterocycles. The fraction of sp³-hybridized carbons (Fsp3) is 0.435. The highest BCUT2D eigenvalue weighted by molar-refractivity contribution is 7.10. The molecule has 2 heterocycles. The summed E-state index contributed by atoms with van der Waals surface area (Å²) in [5.74, 6) is 0.130. The number of fused-ring (bicyclic) bond motifs is 2. The highest BCUT2D eigenvalue weighted by Gasteiger charge is 2.43. The summed E-state index contributed by atoms with van der Waals surface area (Å²) in [6.45, 7) is 0. The Labute approximate surface area is 169 Å². The van der Waals surface area contributed by atoms with Crippen LogP contribution in [-0.2, 0) is 15.0 Å². The lowest BCUT2D eigenvalue weighted by atomic mass is 9.77. The molecule has 1 aromatic rings. The van der Waals surface area contributed by atoms with Gasteiger partial charge in [-0.3, -0.25) is 9.59 Å². The molecule has 5 rings (SSSR count). The number of allylic oxidation sites excluding steroid dienone is 3. The number of aliphatic imine (C=N–C) groups is 1. The van der Waals surface area contributed by atoms with Crippen molar-refractivity contribution >= 4 is 28.9 Å². The van der Waals surface area contributed by atoms with Gasteiger partial charge in [-0.1, -0.05) is 25.0 Å². The molecule has 4 nitrogen and oxygen atoms in total. The molecule has 1 aliphatic heterocycles. The summed E-state index contributed by atoms with van der Waals surface area (Å²) in [6.07, 6.45) is 14.0. The molecular formula is C23H24N2O2S. The van der Waals surface area contributed by atoms with Crippen LogP contribution in [0, 0.1) is 5.92 Å². The molecule has 1 atom stereocenters. The van der Waals surface area contributed by atoms with Gasteiger partial charge in [-0.15, -0.1) is 11.3 Å². The molecule has 5 heteroatoms. The van der Waals surface area contributed by atoms with Gasteiger partial charge in [0.1, 0.15) is 0 Å². The van der Waals surface area contributed by atoms with Crippen LogP contribution >= 0.6 is 11.3 Å². The van der Waals surface area contributed by atoms with E-state index in [9.17, 15) is 9.59 Å². The standard InChI is InChI=1S/C23H24N2O2S/c26-21-18-7-2-1-6-16(18)17-10-9-15(14-19(17)25-21)24-22(27)23(11-3-4-12-23)20-8-5-13-28-20/h5,8-10,13-14,17H,1-4,6-7,11-12H2,(H,25,26). The van der Waals surface area contributed by atoms with Crippen molar-refractivity contribution in [2.45, 2.75) is 56.8 Å². The summed E-state index contributed by atoms with van der Waals surface area (Å²) in [7, 11) is 0. The van der Waals surface area contributed by atoms with Crippen molar-refractivity contribution in [1.29, 1.82) is 0 Å². The second-order valence-corrected chi connectivity index (χ2v) is 9.16. The minimum absolute atomic E-state index is 0.0315. The van der Waals surface area contributed by atoms with Crippen molar-refractivity contribution in [2.24, 2.45) is 10.9 Å². The number of amides is 2. The average molecular weight is 393 g/mol. The van der Waals surface area contributed by atoms with Crippen LogP contribution in [0.25, 0.3) is 0 Å². The van der Waals surface area contributed by atoms with Gasteiger partial charge in [0, 0.05) is 22.1 Å². The van der Waals surface area contributed by atoms with Crippen LogP contribution < -0.4 is 5.32 Å². The largest absolute Gasteiger partial charge is 0.325 e. The zero-order valence-corrected chi connectivity index (χ0v) is 16.7. The number of hydrogen-bond donors (Lipinski definition) is 1. The van der Waals surface area contributed by atoms with Crippen LogP contribution in [0.1, 0.15) is 56.2 Å². The van der Waals surface area contributed by atoms with Crippen molar-refractivity contribution in [1.82, 2.24) is 5.32 Å². The van der Waals surface area contributed by atoms with E-state index < -0.39 is 5.41 Å². The van der Waals surface area contributed by atoms with Crippen molar-refractivity contribution in [3.8, 4) is 0 Å². The Kier molecular flexibility index (Phi) is 4.43. The summed E-state index contributed by atoms with van der Waals surface area (Å²) >= 11 is 1.65. The molecule has 0 saturated heterocycles. The first-order valence-electron chi connectivity index (χ1n) is 10.3. The molecule has 3 aliphatic carbocycles. The smallest absolute Gasteiger partial charge is 0.257 e. The number of rotatable bonds is 2. The summed E-state index contributed by atoms with van der Waals surface area (Å²) < 4.78 is 0. The van der Waals surface area contributed by atoms with E-state index in [0.29, 0.717) is 5.71 Å². The van der Waals surface area contributed by atoms with Crippen molar-refractivity contribution in [2.75, 3.05) is 0 Å². The lowest BCUT2D eigenvalue weighted by Gasteiger charge is -2.33. The lowest BCUT2D eigenvalue weighted by Crippen LogP contribution is -2.38. The van der Waals surface area contributed by atoms with Gasteiger partial charge in [-0.2, -0.15) is 0 Å². The molecule has 0 aromatic carbocycles. The van der Waals surface area contributed by atoms with Gasteiger partial charge >= 0.3 is 0 Å². The highest BCUT2D eigenvalue weighted by atomic mass is 32.1. The van der Waals surface area contributed by atoms with E-state index in [-0.39, 0.29) is 17.7 Å². The SMILES string of the molecule is O=C1NC2=CC(=NC(=O)C3(c4cccs4)CCCC3)C=CC2C2=C1CCCC2. The van der Waals surface area contributed by atoms with Gasteiger partial charge in [-0.05, 0) is 67.7 Å². The fourth-order valence-electron chi connectivity index (χ4n) is 5.14. The third-order valence-electron chi connectivity index (χ3n) is 6.61. The van der Waals surface area contributed by atoms with E-state index in [4.69, 9.17) is 0 Å². The number of carbonyl (C=O) groups is 2. The van der Waals surface area contributed by atoms with E-state index in [2.05, 4.69) is 22.5 Å². The van der Waals surface area contributed by atoms with E-state index in [0.717, 1.165) is 67.5 Å². The lowest BCUT2D eigenvalue weighted by molar-refractivity contribution is -0.123. The van der Waals surface area contributed by atoms with E-state index in [1.165, 1.54) is 5.57 Å². The summed E-state index contributed by atoms with van der Waals surface area (Å²) in [5, 5.41) is 5.09. The monoisotopic (exact) mass is 392 g/mol. The van der Waals surface area contributed by atoms with E-state index >= 15 is 0 Å². The molecule has 1 N–H and O–H groups in total. The summed E-state index contributed by atoms with van der Waals surface area (Å²) in [4.78, 5) is 31.4. The molecule has 1 fully saturated rings. The maximum Gasteiger partial charge on any atom is 0.257 e. The Morgan fingerprint density at radius 1 is 1.18 bits per heavy atom. The molecule has 0 spiro atoms. The first kappa shape index (κ1) is 17.8. The van der Waals surface area contributed by atoms with Crippen LogP contribution in [0.2, 0.25) is 0 Å². The van der Waals surface area contributed by atoms with Crippen LogP contribution in [0.5, 0.6) is 0 Å². The van der Waals surface area contributed by atoms with Crippen LogP contribution in [0.4, 0.5) is 0 Å². The Bertz CT molecular complexity index is 943. The third kappa shape index (κ3) is 2.84. The number of hydrogen-bond acceptors (Lipinski definition) is 3. The van der Waals surface area contributed by atoms with Gasteiger partial charge in [-0.25, -0.2) is 4.99 Å². The topological polar surface area (TPSA) is 58.5 Å². The van der Waals surface area contributed by atoms with Crippen LogP contribution in [0.15, 0.2) is 57.6 Å². The van der Waals surface area contributed by atoms with Gasteiger partial charge in [0.25, 0.3) is 11.8 Å². The van der Waals surface area contributed by atoms with Crippen molar-refractivity contribution < 1.29 is 9.59 Å². The minimum Gasteiger partial charge on any atom is -0.325 e. The zero-order chi connectivity index (χ0) is 19.1. The average Bonchev–Trinajstić information content (AvgIpc) is 3.40. The quantitative estimate of drug-likeness (QED) is 0.800. The molecule has 1 saturated carbocycles. The van der Waals surface area contributed by atoms with Crippen molar-refractivity contribution in [3.63, 3.8) is 0 Å². The molecule has 0 radical (unpaired) electrons. The first-order chi connectivity index (χ1) is 13.7. The zero-order valence-electron chi connectivity index (χ0n) is 15.9. The van der Waals surface area contributed by atoms with Gasteiger partial charge < -0.3 is 5.32 Å². The highest BCUT2D eigenvalue weighted by Crippen LogP contribution is 2.44. The van der Waals surface area contributed by atoms with E-state index in [1.807, 2.05) is 23.6 Å². The molecule has 4 aliphatic rings. The summed E-state index contributed by atoms with van der Waals surface area (Å²) in [5.41, 5.74) is 3.29. The fourth-order valence-corrected chi connectivity index (χ4v) is 6.12. The maximum atomic E-state index is 13.2. The number of thiophene rings is 1. The predicted molar refractivity (Wildman–Crippen MR) is 111 cm³/mol. The molecule has 28 heavy (non-hydrogen) atoms. The van der Waals surface area contributed by atoms with Crippen LogP contribution in [0.3, 0.4) is 0 Å².